The lowest BCUT2D eigenvalue weighted by atomic mass is 10.0. The van der Waals surface area contributed by atoms with Gasteiger partial charge >= 0.3 is 0 Å². The second kappa shape index (κ2) is 3.44. The van der Waals surface area contributed by atoms with E-state index in [-0.39, 0.29) is 6.61 Å². The van der Waals surface area contributed by atoms with Crippen molar-refractivity contribution in [2.75, 3.05) is 13.2 Å². The SMILES string of the molecule is OC[C@@H]1OC[C@H](F)[C@H](O)[C@H]1O. The molecule has 0 aromatic rings. The molecule has 5 heteroatoms. The number of ether oxygens (including phenoxy) is 1. The predicted molar refractivity (Wildman–Crippen MR) is 33.7 cm³/mol. The highest BCUT2D eigenvalue weighted by Crippen LogP contribution is 2.16. The molecule has 66 valence electrons. The summed E-state index contributed by atoms with van der Waals surface area (Å²) in [6.45, 7) is -0.686. The molecule has 1 aliphatic rings. The fourth-order valence-electron chi connectivity index (χ4n) is 1.01. The Morgan fingerprint density at radius 3 is 2.55 bits per heavy atom. The number of hydrogen-bond donors (Lipinski definition) is 3. The summed E-state index contributed by atoms with van der Waals surface area (Å²) in [5.74, 6) is 0. The summed E-state index contributed by atoms with van der Waals surface area (Å²) in [7, 11) is 0. The summed E-state index contributed by atoms with van der Waals surface area (Å²) < 4.78 is 17.2. The van der Waals surface area contributed by atoms with Crippen LogP contribution in [0.2, 0.25) is 0 Å². The molecule has 1 rings (SSSR count). The molecule has 0 spiro atoms. The molecule has 0 radical (unpaired) electrons. The lowest BCUT2D eigenvalue weighted by Gasteiger charge is -2.32. The molecule has 0 saturated carbocycles. The third kappa shape index (κ3) is 1.67. The molecule has 0 bridgehead atoms. The number of aliphatic hydroxyl groups excluding tert-OH is 3. The van der Waals surface area contributed by atoms with Gasteiger partial charge in [0.2, 0.25) is 0 Å². The summed E-state index contributed by atoms with van der Waals surface area (Å²) in [6, 6.07) is 0. The number of alkyl halides is 1. The maximum atomic E-state index is 12.5. The summed E-state index contributed by atoms with van der Waals surface area (Å²) in [6.07, 6.45) is -5.20. The fraction of sp³-hybridized carbons (Fsp3) is 1.00. The first-order valence-electron chi connectivity index (χ1n) is 3.39. The van der Waals surface area contributed by atoms with E-state index in [1.807, 2.05) is 0 Å². The number of rotatable bonds is 1. The second-order valence-corrected chi connectivity index (χ2v) is 2.55. The van der Waals surface area contributed by atoms with Gasteiger partial charge in [0.1, 0.15) is 18.3 Å². The van der Waals surface area contributed by atoms with Gasteiger partial charge in [-0.3, -0.25) is 0 Å². The first-order valence-corrected chi connectivity index (χ1v) is 3.39. The van der Waals surface area contributed by atoms with Crippen LogP contribution in [-0.4, -0.2) is 53.0 Å². The minimum Gasteiger partial charge on any atom is -0.394 e. The summed E-state index contributed by atoms with van der Waals surface area (Å²) in [5, 5.41) is 26.5. The van der Waals surface area contributed by atoms with Crippen molar-refractivity contribution in [3.05, 3.63) is 0 Å². The van der Waals surface area contributed by atoms with Crippen molar-refractivity contribution < 1.29 is 24.4 Å². The Hall–Kier alpha value is -0.230. The molecule has 1 fully saturated rings. The van der Waals surface area contributed by atoms with Gasteiger partial charge in [-0.1, -0.05) is 0 Å². The smallest absolute Gasteiger partial charge is 0.152 e. The molecular weight excluding hydrogens is 155 g/mol. The Bertz CT molecular complexity index is 130. The van der Waals surface area contributed by atoms with E-state index < -0.39 is 31.1 Å². The van der Waals surface area contributed by atoms with Gasteiger partial charge in [-0.15, -0.1) is 0 Å². The van der Waals surface area contributed by atoms with Crippen molar-refractivity contribution in [1.82, 2.24) is 0 Å². The van der Waals surface area contributed by atoms with Gasteiger partial charge in [0.15, 0.2) is 6.17 Å². The van der Waals surface area contributed by atoms with Crippen LogP contribution in [0.15, 0.2) is 0 Å². The van der Waals surface area contributed by atoms with E-state index >= 15 is 0 Å². The minimum atomic E-state index is -1.56. The molecule has 3 N–H and O–H groups in total. The Kier molecular flexibility index (Phi) is 2.78. The zero-order valence-electron chi connectivity index (χ0n) is 5.85. The Morgan fingerprint density at radius 2 is 2.00 bits per heavy atom. The zero-order chi connectivity index (χ0) is 8.43. The number of hydrogen-bond acceptors (Lipinski definition) is 4. The molecule has 1 saturated heterocycles. The van der Waals surface area contributed by atoms with Crippen LogP contribution in [0.25, 0.3) is 0 Å². The lowest BCUT2D eigenvalue weighted by Crippen LogP contribution is -2.52. The first-order chi connectivity index (χ1) is 5.16. The predicted octanol–water partition coefficient (Wildman–Crippen LogP) is -1.56. The van der Waals surface area contributed by atoms with Gasteiger partial charge in [-0.25, -0.2) is 4.39 Å². The van der Waals surface area contributed by atoms with Gasteiger partial charge < -0.3 is 20.1 Å². The van der Waals surface area contributed by atoms with E-state index in [0.29, 0.717) is 0 Å². The molecule has 0 unspecified atom stereocenters. The fourth-order valence-corrected chi connectivity index (χ4v) is 1.01. The van der Waals surface area contributed by atoms with Crippen LogP contribution in [-0.2, 0) is 4.74 Å². The van der Waals surface area contributed by atoms with E-state index in [1.165, 1.54) is 0 Å². The van der Waals surface area contributed by atoms with Crippen molar-refractivity contribution in [1.29, 1.82) is 0 Å². The summed E-state index contributed by atoms with van der Waals surface area (Å²) >= 11 is 0. The molecule has 0 amide bonds. The van der Waals surface area contributed by atoms with Crippen LogP contribution >= 0.6 is 0 Å². The maximum absolute atomic E-state index is 12.5. The maximum Gasteiger partial charge on any atom is 0.152 e. The largest absolute Gasteiger partial charge is 0.394 e. The van der Waals surface area contributed by atoms with Gasteiger partial charge in [0.25, 0.3) is 0 Å². The first kappa shape index (κ1) is 8.86. The zero-order valence-corrected chi connectivity index (χ0v) is 5.85. The molecular formula is C6H11FO4. The Balaban J connectivity index is 2.52. The van der Waals surface area contributed by atoms with Crippen LogP contribution in [0.3, 0.4) is 0 Å². The normalized spacial score (nSPS) is 45.8. The minimum absolute atomic E-state index is 0.274. The van der Waals surface area contributed by atoms with Crippen molar-refractivity contribution in [2.24, 2.45) is 0 Å². The molecule has 0 aromatic carbocycles. The van der Waals surface area contributed by atoms with Gasteiger partial charge in [-0.05, 0) is 0 Å². The standard InChI is InChI=1S/C6H11FO4/c7-3-2-11-4(1-8)6(10)5(3)9/h3-6,8-10H,1-2H2/t3-,4-,5-,6-/m0/s1. The molecule has 0 aromatic heterocycles. The average Bonchev–Trinajstić information content (AvgIpc) is 2.01. The van der Waals surface area contributed by atoms with Crippen LogP contribution in [0.4, 0.5) is 4.39 Å². The summed E-state index contributed by atoms with van der Waals surface area (Å²) in [5.41, 5.74) is 0. The highest BCUT2D eigenvalue weighted by atomic mass is 19.1. The third-order valence-electron chi connectivity index (χ3n) is 1.75. The van der Waals surface area contributed by atoms with Crippen molar-refractivity contribution in [3.8, 4) is 0 Å². The molecule has 11 heavy (non-hydrogen) atoms. The highest BCUT2D eigenvalue weighted by Gasteiger charge is 2.37. The van der Waals surface area contributed by atoms with E-state index in [2.05, 4.69) is 4.74 Å². The number of halogens is 1. The average molecular weight is 166 g/mol. The van der Waals surface area contributed by atoms with Gasteiger partial charge in [0, 0.05) is 0 Å². The van der Waals surface area contributed by atoms with Crippen molar-refractivity contribution >= 4 is 0 Å². The van der Waals surface area contributed by atoms with E-state index in [4.69, 9.17) is 15.3 Å². The third-order valence-corrected chi connectivity index (χ3v) is 1.75. The van der Waals surface area contributed by atoms with Gasteiger partial charge in [-0.2, -0.15) is 0 Å². The molecule has 4 atom stereocenters. The van der Waals surface area contributed by atoms with Crippen molar-refractivity contribution in [2.45, 2.75) is 24.5 Å². The van der Waals surface area contributed by atoms with Gasteiger partial charge in [0.05, 0.1) is 13.2 Å². The highest BCUT2D eigenvalue weighted by molar-refractivity contribution is 4.86. The molecule has 1 heterocycles. The molecule has 1 aliphatic heterocycles. The van der Waals surface area contributed by atoms with Crippen LogP contribution in [0, 0.1) is 0 Å². The molecule has 0 aliphatic carbocycles. The Labute approximate surface area is 63.2 Å². The number of aliphatic hydroxyl groups is 3. The monoisotopic (exact) mass is 166 g/mol. The second-order valence-electron chi connectivity index (χ2n) is 2.55. The lowest BCUT2D eigenvalue weighted by molar-refractivity contribution is -0.178. The Morgan fingerprint density at radius 1 is 1.36 bits per heavy atom. The van der Waals surface area contributed by atoms with Crippen molar-refractivity contribution in [3.63, 3.8) is 0 Å². The van der Waals surface area contributed by atoms with Crippen LogP contribution in [0.5, 0.6) is 0 Å². The molecule has 4 nitrogen and oxygen atoms in total. The van der Waals surface area contributed by atoms with E-state index in [1.54, 1.807) is 0 Å². The van der Waals surface area contributed by atoms with E-state index in [0.717, 1.165) is 0 Å². The van der Waals surface area contributed by atoms with Crippen LogP contribution in [0.1, 0.15) is 0 Å². The quantitative estimate of drug-likeness (QED) is 0.440. The summed E-state index contributed by atoms with van der Waals surface area (Å²) in [4.78, 5) is 0. The van der Waals surface area contributed by atoms with E-state index in [9.17, 15) is 4.39 Å². The topological polar surface area (TPSA) is 69.9 Å². The van der Waals surface area contributed by atoms with Crippen LogP contribution < -0.4 is 0 Å².